The first-order chi connectivity index (χ1) is 9.97. The molecule has 114 valence electrons. The molecule has 0 fully saturated rings. The van der Waals surface area contributed by atoms with Crippen LogP contribution in [-0.4, -0.2) is 24.5 Å². The Kier molecular flexibility index (Phi) is 4.81. The Labute approximate surface area is 124 Å². The van der Waals surface area contributed by atoms with E-state index in [1.165, 1.54) is 6.07 Å². The Balaban J connectivity index is 1.88. The smallest absolute Gasteiger partial charge is 0.240 e. The van der Waals surface area contributed by atoms with Gasteiger partial charge in [0.15, 0.2) is 0 Å². The standard InChI is InChI=1S/C13H19N5O2S/c14-11-3-4-12(13(9-11)21(15,19)20)17-5-1-2-7-18-8-6-16-10-18/h3-4,6,8-10,17H,1-2,5,7,14H2,(H2,15,19,20). The van der Waals surface area contributed by atoms with Crippen LogP contribution < -0.4 is 16.2 Å². The number of unbranched alkanes of at least 4 members (excludes halogenated alkanes) is 1. The fourth-order valence-electron chi connectivity index (χ4n) is 1.98. The van der Waals surface area contributed by atoms with Gasteiger partial charge in [0.25, 0.3) is 0 Å². The third kappa shape index (κ3) is 4.47. The molecule has 21 heavy (non-hydrogen) atoms. The van der Waals surface area contributed by atoms with Crippen LogP contribution in [-0.2, 0) is 16.6 Å². The molecule has 0 saturated carbocycles. The summed E-state index contributed by atoms with van der Waals surface area (Å²) in [6, 6.07) is 4.64. The lowest BCUT2D eigenvalue weighted by atomic mass is 10.2. The summed E-state index contributed by atoms with van der Waals surface area (Å²) in [5.74, 6) is 0. The number of hydrogen-bond acceptors (Lipinski definition) is 5. The van der Waals surface area contributed by atoms with Crippen LogP contribution in [0.15, 0.2) is 41.8 Å². The molecule has 1 heterocycles. The number of nitrogens with zero attached hydrogens (tertiary/aromatic N) is 2. The number of primary sulfonamides is 1. The molecular weight excluding hydrogens is 290 g/mol. The lowest BCUT2D eigenvalue weighted by Gasteiger charge is -2.11. The summed E-state index contributed by atoms with van der Waals surface area (Å²) in [7, 11) is -3.79. The highest BCUT2D eigenvalue weighted by Crippen LogP contribution is 2.22. The second-order valence-electron chi connectivity index (χ2n) is 4.73. The number of nitrogen functional groups attached to an aromatic ring is 1. The second kappa shape index (κ2) is 6.59. The minimum absolute atomic E-state index is 0.0251. The van der Waals surface area contributed by atoms with Crippen molar-refractivity contribution in [1.82, 2.24) is 9.55 Å². The van der Waals surface area contributed by atoms with Gasteiger partial charge in [-0.25, -0.2) is 18.5 Å². The lowest BCUT2D eigenvalue weighted by Crippen LogP contribution is -2.16. The predicted molar refractivity (Wildman–Crippen MR) is 82.2 cm³/mol. The molecule has 0 aliphatic rings. The zero-order chi connectivity index (χ0) is 15.3. The van der Waals surface area contributed by atoms with E-state index in [1.807, 2.05) is 10.8 Å². The number of imidazole rings is 1. The van der Waals surface area contributed by atoms with Gasteiger partial charge in [-0.2, -0.15) is 0 Å². The van der Waals surface area contributed by atoms with E-state index in [0.29, 0.717) is 17.9 Å². The molecule has 5 N–H and O–H groups in total. The van der Waals surface area contributed by atoms with Crippen molar-refractivity contribution in [2.45, 2.75) is 24.3 Å². The van der Waals surface area contributed by atoms with E-state index in [1.54, 1.807) is 24.7 Å². The molecule has 0 saturated heterocycles. The first-order valence-electron chi connectivity index (χ1n) is 6.59. The summed E-state index contributed by atoms with van der Waals surface area (Å²) in [4.78, 5) is 4.00. The molecule has 0 bridgehead atoms. The molecule has 0 aliphatic heterocycles. The molecule has 2 rings (SSSR count). The molecule has 0 unspecified atom stereocenters. The van der Waals surface area contributed by atoms with Gasteiger partial charge in [0.05, 0.1) is 12.0 Å². The maximum Gasteiger partial charge on any atom is 0.240 e. The van der Waals surface area contributed by atoms with Crippen molar-refractivity contribution in [1.29, 1.82) is 0 Å². The van der Waals surface area contributed by atoms with E-state index in [9.17, 15) is 8.42 Å². The molecule has 0 radical (unpaired) electrons. The van der Waals surface area contributed by atoms with Gasteiger partial charge in [-0.3, -0.25) is 0 Å². The van der Waals surface area contributed by atoms with Crippen LogP contribution in [0.1, 0.15) is 12.8 Å². The summed E-state index contributed by atoms with van der Waals surface area (Å²) in [6.07, 6.45) is 7.28. The van der Waals surface area contributed by atoms with E-state index in [4.69, 9.17) is 10.9 Å². The Morgan fingerprint density at radius 1 is 1.29 bits per heavy atom. The van der Waals surface area contributed by atoms with Crippen LogP contribution in [0.5, 0.6) is 0 Å². The third-order valence-corrected chi connectivity index (χ3v) is 3.98. The molecule has 0 aliphatic carbocycles. The molecule has 1 aromatic carbocycles. The summed E-state index contributed by atoms with van der Waals surface area (Å²) in [5, 5.41) is 8.27. The molecule has 8 heteroatoms. The number of hydrogen-bond donors (Lipinski definition) is 3. The molecule has 0 amide bonds. The van der Waals surface area contributed by atoms with Crippen molar-refractivity contribution in [2.24, 2.45) is 5.14 Å². The summed E-state index contributed by atoms with van der Waals surface area (Å²) in [6.45, 7) is 1.53. The van der Waals surface area contributed by atoms with Gasteiger partial charge < -0.3 is 15.6 Å². The fourth-order valence-corrected chi connectivity index (χ4v) is 2.73. The van der Waals surface area contributed by atoms with Crippen LogP contribution in [0.2, 0.25) is 0 Å². The van der Waals surface area contributed by atoms with Gasteiger partial charge in [-0.1, -0.05) is 0 Å². The minimum Gasteiger partial charge on any atom is -0.399 e. The van der Waals surface area contributed by atoms with Crippen molar-refractivity contribution in [3.05, 3.63) is 36.9 Å². The molecule has 7 nitrogen and oxygen atoms in total. The number of sulfonamides is 1. The highest BCUT2D eigenvalue weighted by molar-refractivity contribution is 7.89. The first kappa shape index (κ1) is 15.3. The average molecular weight is 309 g/mol. The molecule has 2 aromatic rings. The van der Waals surface area contributed by atoms with Crippen LogP contribution in [0.4, 0.5) is 11.4 Å². The first-order valence-corrected chi connectivity index (χ1v) is 8.13. The zero-order valence-electron chi connectivity index (χ0n) is 11.6. The maximum atomic E-state index is 11.5. The third-order valence-electron chi connectivity index (χ3n) is 3.03. The highest BCUT2D eigenvalue weighted by atomic mass is 32.2. The average Bonchev–Trinajstić information content (AvgIpc) is 2.92. The Bertz CT molecular complexity index is 683. The lowest BCUT2D eigenvalue weighted by molar-refractivity contribution is 0.597. The fraction of sp³-hybridized carbons (Fsp3) is 0.308. The van der Waals surface area contributed by atoms with Crippen molar-refractivity contribution >= 4 is 21.4 Å². The van der Waals surface area contributed by atoms with Gasteiger partial charge in [0.1, 0.15) is 4.90 Å². The van der Waals surface area contributed by atoms with Crippen LogP contribution in [0, 0.1) is 0 Å². The summed E-state index contributed by atoms with van der Waals surface area (Å²) < 4.78 is 25.0. The monoisotopic (exact) mass is 309 g/mol. The number of anilines is 2. The van der Waals surface area contributed by atoms with Crippen molar-refractivity contribution in [2.75, 3.05) is 17.6 Å². The number of benzene rings is 1. The Hall–Kier alpha value is -2.06. The summed E-state index contributed by atoms with van der Waals surface area (Å²) in [5.41, 5.74) is 6.44. The molecule has 0 atom stereocenters. The van der Waals surface area contributed by atoms with E-state index in [-0.39, 0.29) is 4.90 Å². The Morgan fingerprint density at radius 2 is 2.10 bits per heavy atom. The van der Waals surface area contributed by atoms with E-state index in [2.05, 4.69) is 10.3 Å². The minimum atomic E-state index is -3.79. The van der Waals surface area contributed by atoms with E-state index < -0.39 is 10.0 Å². The van der Waals surface area contributed by atoms with Gasteiger partial charge >= 0.3 is 0 Å². The van der Waals surface area contributed by atoms with Crippen LogP contribution >= 0.6 is 0 Å². The number of aromatic nitrogens is 2. The van der Waals surface area contributed by atoms with Crippen molar-refractivity contribution < 1.29 is 8.42 Å². The van der Waals surface area contributed by atoms with Crippen LogP contribution in [0.25, 0.3) is 0 Å². The van der Waals surface area contributed by atoms with Gasteiger partial charge in [-0.15, -0.1) is 0 Å². The van der Waals surface area contributed by atoms with Crippen LogP contribution in [0.3, 0.4) is 0 Å². The zero-order valence-corrected chi connectivity index (χ0v) is 12.4. The van der Waals surface area contributed by atoms with Crippen molar-refractivity contribution in [3.63, 3.8) is 0 Å². The molecule has 1 aromatic heterocycles. The number of rotatable bonds is 7. The SMILES string of the molecule is Nc1ccc(NCCCCn2ccnc2)c(S(N)(=O)=O)c1. The molecule has 0 spiro atoms. The number of nitrogens with two attached hydrogens (primary N) is 2. The topological polar surface area (TPSA) is 116 Å². The number of aryl methyl sites for hydroxylation is 1. The van der Waals surface area contributed by atoms with Gasteiger partial charge in [0.2, 0.25) is 10.0 Å². The Morgan fingerprint density at radius 3 is 2.76 bits per heavy atom. The molecular formula is C13H19N5O2S. The maximum absolute atomic E-state index is 11.5. The van der Waals surface area contributed by atoms with E-state index in [0.717, 1.165) is 19.4 Å². The summed E-state index contributed by atoms with van der Waals surface area (Å²) >= 11 is 0. The van der Waals surface area contributed by atoms with Gasteiger partial charge in [0, 0.05) is 31.2 Å². The highest BCUT2D eigenvalue weighted by Gasteiger charge is 2.13. The quantitative estimate of drug-likeness (QED) is 0.521. The normalized spacial score (nSPS) is 11.5. The van der Waals surface area contributed by atoms with E-state index >= 15 is 0 Å². The number of nitrogens with one attached hydrogen (secondary N) is 1. The van der Waals surface area contributed by atoms with Gasteiger partial charge in [-0.05, 0) is 31.0 Å². The largest absolute Gasteiger partial charge is 0.399 e. The second-order valence-corrected chi connectivity index (χ2v) is 6.26. The predicted octanol–water partition coefficient (Wildman–Crippen LogP) is 1.00. The van der Waals surface area contributed by atoms with Crippen molar-refractivity contribution in [3.8, 4) is 0 Å².